The molecule has 1 unspecified atom stereocenters. The summed E-state index contributed by atoms with van der Waals surface area (Å²) in [6.45, 7) is 1.66. The number of rotatable bonds is 6. The largest absolute Gasteiger partial charge is 0.494 e. The number of ether oxygens (including phenoxy) is 1. The van der Waals surface area contributed by atoms with E-state index in [4.69, 9.17) is 4.74 Å². The molecule has 4 amide bonds. The molecule has 0 aliphatic carbocycles. The first-order chi connectivity index (χ1) is 10.9. The third-order valence-electron chi connectivity index (χ3n) is 3.41. The summed E-state index contributed by atoms with van der Waals surface area (Å²) in [7, 11) is 0. The standard InChI is InChI=1S/C14H15N3O6/c1-2-23-9-5-3-8(4-6-9)10(7-17(21)22)11-12(18)15-14(20)16-13(11)19/h3-6,10-11H,2,7H2,1H3,(H2,15,16,18,19,20). The van der Waals surface area contributed by atoms with Crippen molar-refractivity contribution in [3.05, 3.63) is 39.9 Å². The Morgan fingerprint density at radius 1 is 1.17 bits per heavy atom. The molecule has 9 nitrogen and oxygen atoms in total. The molecule has 2 rings (SSSR count). The van der Waals surface area contributed by atoms with Gasteiger partial charge in [-0.3, -0.25) is 30.3 Å². The summed E-state index contributed by atoms with van der Waals surface area (Å²) in [6.07, 6.45) is 0. The molecule has 122 valence electrons. The molecule has 9 heteroatoms. The lowest BCUT2D eigenvalue weighted by Gasteiger charge is -2.26. The van der Waals surface area contributed by atoms with Crippen molar-refractivity contribution in [3.8, 4) is 5.75 Å². The molecule has 1 aromatic carbocycles. The summed E-state index contributed by atoms with van der Waals surface area (Å²) in [4.78, 5) is 45.3. The second-order valence-corrected chi connectivity index (χ2v) is 4.91. The number of carbonyl (C=O) groups excluding carboxylic acids is 3. The minimum absolute atomic E-state index is 0.440. The van der Waals surface area contributed by atoms with E-state index in [1.807, 2.05) is 17.6 Å². The van der Waals surface area contributed by atoms with Crippen molar-refractivity contribution in [1.29, 1.82) is 0 Å². The van der Waals surface area contributed by atoms with Crippen LogP contribution in [0.25, 0.3) is 0 Å². The lowest BCUT2D eigenvalue weighted by molar-refractivity contribution is -0.484. The number of hydrogen-bond donors (Lipinski definition) is 2. The lowest BCUT2D eigenvalue weighted by atomic mass is 9.84. The van der Waals surface area contributed by atoms with E-state index < -0.39 is 41.1 Å². The van der Waals surface area contributed by atoms with Crippen LogP contribution >= 0.6 is 0 Å². The van der Waals surface area contributed by atoms with Crippen LogP contribution in [-0.4, -0.2) is 35.9 Å². The normalized spacial score (nSPS) is 16.5. The maximum Gasteiger partial charge on any atom is 0.328 e. The van der Waals surface area contributed by atoms with E-state index in [0.717, 1.165) is 0 Å². The number of imide groups is 2. The summed E-state index contributed by atoms with van der Waals surface area (Å²) < 4.78 is 5.29. The smallest absolute Gasteiger partial charge is 0.328 e. The van der Waals surface area contributed by atoms with E-state index in [-0.39, 0.29) is 0 Å². The molecule has 0 spiro atoms. The summed E-state index contributed by atoms with van der Waals surface area (Å²) in [6, 6.07) is 5.42. The molecule has 1 saturated heterocycles. The van der Waals surface area contributed by atoms with Crippen LogP contribution in [0.15, 0.2) is 24.3 Å². The molecule has 1 aliphatic heterocycles. The van der Waals surface area contributed by atoms with Crippen molar-refractivity contribution < 1.29 is 24.0 Å². The van der Waals surface area contributed by atoms with Crippen LogP contribution in [0.2, 0.25) is 0 Å². The van der Waals surface area contributed by atoms with Crippen LogP contribution in [0.5, 0.6) is 5.75 Å². The number of carbonyl (C=O) groups is 3. The van der Waals surface area contributed by atoms with Gasteiger partial charge in [0.05, 0.1) is 12.5 Å². The number of benzene rings is 1. The summed E-state index contributed by atoms with van der Waals surface area (Å²) in [5, 5.41) is 14.8. The van der Waals surface area contributed by atoms with Gasteiger partial charge < -0.3 is 4.74 Å². The van der Waals surface area contributed by atoms with Gasteiger partial charge in [-0.05, 0) is 24.6 Å². The lowest BCUT2D eigenvalue weighted by Crippen LogP contribution is -2.57. The van der Waals surface area contributed by atoms with Gasteiger partial charge in [0.2, 0.25) is 18.4 Å². The number of urea groups is 1. The van der Waals surface area contributed by atoms with E-state index in [1.165, 1.54) is 0 Å². The molecule has 1 atom stereocenters. The van der Waals surface area contributed by atoms with E-state index in [0.29, 0.717) is 17.9 Å². The predicted octanol–water partition coefficient (Wildman–Crippen LogP) is 0.428. The second-order valence-electron chi connectivity index (χ2n) is 4.91. The van der Waals surface area contributed by atoms with Crippen molar-refractivity contribution in [2.45, 2.75) is 12.8 Å². The summed E-state index contributed by atoms with van der Waals surface area (Å²) in [5.41, 5.74) is 0.440. The summed E-state index contributed by atoms with van der Waals surface area (Å²) in [5.74, 6) is -3.47. The topological polar surface area (TPSA) is 128 Å². The highest BCUT2D eigenvalue weighted by molar-refractivity contribution is 6.16. The van der Waals surface area contributed by atoms with E-state index >= 15 is 0 Å². The molecule has 23 heavy (non-hydrogen) atoms. The average molecular weight is 321 g/mol. The van der Waals surface area contributed by atoms with E-state index in [2.05, 4.69) is 0 Å². The fourth-order valence-corrected chi connectivity index (χ4v) is 2.44. The van der Waals surface area contributed by atoms with Crippen molar-refractivity contribution >= 4 is 17.8 Å². The van der Waals surface area contributed by atoms with Crippen LogP contribution in [0, 0.1) is 16.0 Å². The SMILES string of the molecule is CCOc1ccc(C(C[N+](=O)[O-])C2C(=O)NC(=O)NC2=O)cc1. The van der Waals surface area contributed by atoms with Gasteiger partial charge in [0.25, 0.3) is 0 Å². The third kappa shape index (κ3) is 3.82. The van der Waals surface area contributed by atoms with Crippen molar-refractivity contribution in [2.75, 3.05) is 13.2 Å². The molecule has 1 heterocycles. The highest BCUT2D eigenvalue weighted by Gasteiger charge is 2.43. The van der Waals surface area contributed by atoms with Gasteiger partial charge in [0, 0.05) is 4.92 Å². The molecule has 1 aliphatic rings. The van der Waals surface area contributed by atoms with E-state index in [1.54, 1.807) is 24.3 Å². The fraction of sp³-hybridized carbons (Fsp3) is 0.357. The van der Waals surface area contributed by atoms with Gasteiger partial charge in [-0.1, -0.05) is 12.1 Å². The molecule has 0 radical (unpaired) electrons. The molecular weight excluding hydrogens is 306 g/mol. The zero-order valence-electron chi connectivity index (χ0n) is 12.3. The molecule has 2 N–H and O–H groups in total. The van der Waals surface area contributed by atoms with Crippen LogP contribution in [0.3, 0.4) is 0 Å². The first-order valence-electron chi connectivity index (χ1n) is 6.92. The number of hydrogen-bond acceptors (Lipinski definition) is 6. The molecule has 0 bridgehead atoms. The zero-order chi connectivity index (χ0) is 17.0. The van der Waals surface area contributed by atoms with E-state index in [9.17, 15) is 24.5 Å². The highest BCUT2D eigenvalue weighted by Crippen LogP contribution is 2.28. The van der Waals surface area contributed by atoms with Gasteiger partial charge in [0.1, 0.15) is 11.7 Å². The third-order valence-corrected chi connectivity index (χ3v) is 3.41. The van der Waals surface area contributed by atoms with Gasteiger partial charge in [-0.15, -0.1) is 0 Å². The van der Waals surface area contributed by atoms with Crippen molar-refractivity contribution in [3.63, 3.8) is 0 Å². The predicted molar refractivity (Wildman–Crippen MR) is 77.4 cm³/mol. The fourth-order valence-electron chi connectivity index (χ4n) is 2.44. The first-order valence-corrected chi connectivity index (χ1v) is 6.92. The van der Waals surface area contributed by atoms with Crippen LogP contribution in [-0.2, 0) is 9.59 Å². The number of amides is 4. The Bertz CT molecular complexity index is 622. The molecule has 0 saturated carbocycles. The molecular formula is C14H15N3O6. The van der Waals surface area contributed by atoms with Crippen LogP contribution in [0.1, 0.15) is 18.4 Å². The van der Waals surface area contributed by atoms with Crippen LogP contribution in [0.4, 0.5) is 4.79 Å². The molecule has 1 aromatic rings. The highest BCUT2D eigenvalue weighted by atomic mass is 16.6. The molecule has 1 fully saturated rings. The first kappa shape index (κ1) is 16.4. The summed E-state index contributed by atoms with van der Waals surface area (Å²) >= 11 is 0. The van der Waals surface area contributed by atoms with Crippen molar-refractivity contribution in [2.24, 2.45) is 5.92 Å². The Morgan fingerprint density at radius 3 is 2.22 bits per heavy atom. The monoisotopic (exact) mass is 321 g/mol. The Morgan fingerprint density at radius 2 is 1.74 bits per heavy atom. The van der Waals surface area contributed by atoms with Gasteiger partial charge >= 0.3 is 6.03 Å². The van der Waals surface area contributed by atoms with Gasteiger partial charge in [-0.25, -0.2) is 4.79 Å². The van der Waals surface area contributed by atoms with Gasteiger partial charge in [-0.2, -0.15) is 0 Å². The Labute approximate surface area is 131 Å². The van der Waals surface area contributed by atoms with Gasteiger partial charge in [0.15, 0.2) is 0 Å². The maximum atomic E-state index is 11.9. The molecule has 0 aromatic heterocycles. The van der Waals surface area contributed by atoms with Crippen molar-refractivity contribution in [1.82, 2.24) is 10.6 Å². The Hall–Kier alpha value is -2.97. The Kier molecular flexibility index (Phi) is 4.89. The average Bonchev–Trinajstić information content (AvgIpc) is 2.46. The minimum atomic E-state index is -1.35. The maximum absolute atomic E-state index is 11.9. The minimum Gasteiger partial charge on any atom is -0.494 e. The Balaban J connectivity index is 2.32. The number of nitro groups is 1. The second kappa shape index (κ2) is 6.86. The zero-order valence-corrected chi connectivity index (χ0v) is 12.3. The quantitative estimate of drug-likeness (QED) is 0.444. The number of nitrogens with zero attached hydrogens (tertiary/aromatic N) is 1. The van der Waals surface area contributed by atoms with Crippen LogP contribution < -0.4 is 15.4 Å². The number of barbiturate groups is 1. The number of nitrogens with one attached hydrogen (secondary N) is 2.